The fraction of sp³-hybridized carbons (Fsp3) is 0.111. The molecule has 5 heteroatoms. The minimum absolute atomic E-state index is 0.128. The van der Waals surface area contributed by atoms with Crippen LogP contribution >= 0.6 is 15.9 Å². The molecule has 0 fully saturated rings. The third-order valence-electron chi connectivity index (χ3n) is 3.64. The molecule has 0 unspecified atom stereocenters. The highest BCUT2D eigenvalue weighted by molar-refractivity contribution is 9.10. The summed E-state index contributed by atoms with van der Waals surface area (Å²) >= 11 is 3.40. The van der Waals surface area contributed by atoms with E-state index in [1.807, 2.05) is 55.5 Å². The highest BCUT2D eigenvalue weighted by Crippen LogP contribution is 2.14. The molecule has 0 aliphatic carbocycles. The molecule has 0 radical (unpaired) electrons. The minimum atomic E-state index is -0.128. The van der Waals surface area contributed by atoms with Crippen molar-refractivity contribution < 1.29 is 4.79 Å². The predicted molar refractivity (Wildman–Crippen MR) is 93.6 cm³/mol. The highest BCUT2D eigenvalue weighted by Gasteiger charge is 2.09. The first-order chi connectivity index (χ1) is 11.1. The molecule has 4 nitrogen and oxygen atoms in total. The van der Waals surface area contributed by atoms with Gasteiger partial charge in [0.15, 0.2) is 0 Å². The highest BCUT2D eigenvalue weighted by atomic mass is 79.9. The number of nitrogens with zero attached hydrogens (tertiary/aromatic N) is 2. The molecule has 1 heterocycles. The summed E-state index contributed by atoms with van der Waals surface area (Å²) in [4.78, 5) is 12.3. The second-order valence-corrected chi connectivity index (χ2v) is 6.17. The summed E-state index contributed by atoms with van der Waals surface area (Å²) in [5, 5.41) is 7.18. The lowest BCUT2D eigenvalue weighted by molar-refractivity contribution is 0.0951. The lowest BCUT2D eigenvalue weighted by atomic mass is 10.1. The molecule has 1 N–H and O–H groups in total. The van der Waals surface area contributed by atoms with Crippen molar-refractivity contribution in [2.24, 2.45) is 0 Å². The summed E-state index contributed by atoms with van der Waals surface area (Å²) < 4.78 is 2.69. The SMILES string of the molecule is Cc1ccccc1CNC(=O)c1cnn(-c2ccc(Br)cc2)c1. The maximum atomic E-state index is 12.3. The number of halogens is 1. The Morgan fingerprint density at radius 2 is 1.91 bits per heavy atom. The first-order valence-corrected chi connectivity index (χ1v) is 8.06. The molecule has 1 aromatic heterocycles. The molecule has 116 valence electrons. The third-order valence-corrected chi connectivity index (χ3v) is 4.17. The number of benzene rings is 2. The van der Waals surface area contributed by atoms with Crippen LogP contribution in [0.4, 0.5) is 0 Å². The zero-order valence-corrected chi connectivity index (χ0v) is 14.2. The maximum absolute atomic E-state index is 12.3. The van der Waals surface area contributed by atoms with Crippen molar-refractivity contribution in [2.75, 3.05) is 0 Å². The van der Waals surface area contributed by atoms with E-state index in [9.17, 15) is 4.79 Å². The largest absolute Gasteiger partial charge is 0.348 e. The van der Waals surface area contributed by atoms with E-state index in [0.29, 0.717) is 12.1 Å². The molecule has 23 heavy (non-hydrogen) atoms. The maximum Gasteiger partial charge on any atom is 0.254 e. The van der Waals surface area contributed by atoms with Crippen LogP contribution in [0.25, 0.3) is 5.69 Å². The van der Waals surface area contributed by atoms with Crippen molar-refractivity contribution in [3.63, 3.8) is 0 Å². The van der Waals surface area contributed by atoms with E-state index in [4.69, 9.17) is 0 Å². The van der Waals surface area contributed by atoms with E-state index in [-0.39, 0.29) is 5.91 Å². The molecule has 1 amide bonds. The molecule has 0 aliphatic rings. The van der Waals surface area contributed by atoms with Crippen LogP contribution in [0.15, 0.2) is 65.4 Å². The van der Waals surface area contributed by atoms with Crippen molar-refractivity contribution in [3.05, 3.63) is 82.1 Å². The summed E-state index contributed by atoms with van der Waals surface area (Å²) in [6.07, 6.45) is 3.31. The van der Waals surface area contributed by atoms with Crippen LogP contribution in [0.2, 0.25) is 0 Å². The van der Waals surface area contributed by atoms with Gasteiger partial charge >= 0.3 is 0 Å². The van der Waals surface area contributed by atoms with Gasteiger partial charge in [0.25, 0.3) is 5.91 Å². The number of hydrogen-bond donors (Lipinski definition) is 1. The average molecular weight is 370 g/mol. The van der Waals surface area contributed by atoms with Gasteiger partial charge in [0.1, 0.15) is 0 Å². The van der Waals surface area contributed by atoms with Gasteiger partial charge in [-0.3, -0.25) is 4.79 Å². The Morgan fingerprint density at radius 1 is 1.17 bits per heavy atom. The van der Waals surface area contributed by atoms with E-state index in [0.717, 1.165) is 15.7 Å². The fourth-order valence-electron chi connectivity index (χ4n) is 2.26. The quantitative estimate of drug-likeness (QED) is 0.758. The van der Waals surface area contributed by atoms with Crippen molar-refractivity contribution >= 4 is 21.8 Å². The van der Waals surface area contributed by atoms with E-state index in [2.05, 4.69) is 26.3 Å². The van der Waals surface area contributed by atoms with Crippen LogP contribution in [0.3, 0.4) is 0 Å². The Labute approximate surface area is 143 Å². The summed E-state index contributed by atoms with van der Waals surface area (Å²) in [7, 11) is 0. The van der Waals surface area contributed by atoms with Gasteiger partial charge in [-0.1, -0.05) is 40.2 Å². The van der Waals surface area contributed by atoms with Crippen LogP contribution in [0.1, 0.15) is 21.5 Å². The van der Waals surface area contributed by atoms with Gasteiger partial charge in [-0.25, -0.2) is 4.68 Å². The predicted octanol–water partition coefficient (Wildman–Crippen LogP) is 3.87. The first-order valence-electron chi connectivity index (χ1n) is 7.27. The Bertz CT molecular complexity index is 824. The van der Waals surface area contributed by atoms with Crippen LogP contribution in [0, 0.1) is 6.92 Å². The first kappa shape index (κ1) is 15.5. The second kappa shape index (κ2) is 6.79. The van der Waals surface area contributed by atoms with Crippen LogP contribution in [-0.4, -0.2) is 15.7 Å². The van der Waals surface area contributed by atoms with Crippen LogP contribution in [0.5, 0.6) is 0 Å². The molecular weight excluding hydrogens is 354 g/mol. The molecule has 0 atom stereocenters. The number of nitrogens with one attached hydrogen (secondary N) is 1. The smallest absolute Gasteiger partial charge is 0.254 e. The minimum Gasteiger partial charge on any atom is -0.348 e. The zero-order valence-electron chi connectivity index (χ0n) is 12.7. The van der Waals surface area contributed by atoms with E-state index in [1.165, 1.54) is 5.56 Å². The molecule has 3 rings (SSSR count). The standard InChI is InChI=1S/C18H16BrN3O/c1-13-4-2-3-5-14(13)10-20-18(23)15-11-21-22(12-15)17-8-6-16(19)7-9-17/h2-9,11-12H,10H2,1H3,(H,20,23). The molecule has 0 saturated carbocycles. The molecule has 0 spiro atoms. The van der Waals surface area contributed by atoms with E-state index >= 15 is 0 Å². The lowest BCUT2D eigenvalue weighted by Crippen LogP contribution is -2.22. The Hall–Kier alpha value is -2.40. The Balaban J connectivity index is 1.69. The molecular formula is C18H16BrN3O. The van der Waals surface area contributed by atoms with Crippen molar-refractivity contribution in [1.29, 1.82) is 0 Å². The molecule has 0 aliphatic heterocycles. The second-order valence-electron chi connectivity index (χ2n) is 5.26. The van der Waals surface area contributed by atoms with Gasteiger partial charge in [-0.2, -0.15) is 5.10 Å². The van der Waals surface area contributed by atoms with Crippen LogP contribution in [-0.2, 0) is 6.54 Å². The Morgan fingerprint density at radius 3 is 2.65 bits per heavy atom. The normalized spacial score (nSPS) is 10.5. The molecule has 0 bridgehead atoms. The third kappa shape index (κ3) is 3.68. The topological polar surface area (TPSA) is 46.9 Å². The molecule has 0 saturated heterocycles. The summed E-state index contributed by atoms with van der Waals surface area (Å²) in [6, 6.07) is 15.8. The molecule has 2 aromatic carbocycles. The summed E-state index contributed by atoms with van der Waals surface area (Å²) in [5.41, 5.74) is 3.73. The van der Waals surface area contributed by atoms with E-state index in [1.54, 1.807) is 17.1 Å². The monoisotopic (exact) mass is 369 g/mol. The van der Waals surface area contributed by atoms with Gasteiger partial charge in [0, 0.05) is 17.2 Å². The number of rotatable bonds is 4. The molecule has 3 aromatic rings. The van der Waals surface area contributed by atoms with Gasteiger partial charge < -0.3 is 5.32 Å². The number of carbonyl (C=O) groups is 1. The number of amides is 1. The van der Waals surface area contributed by atoms with Gasteiger partial charge in [-0.05, 0) is 42.3 Å². The van der Waals surface area contributed by atoms with Gasteiger partial charge in [0.05, 0.1) is 17.4 Å². The number of aryl methyl sites for hydroxylation is 1. The van der Waals surface area contributed by atoms with Gasteiger partial charge in [-0.15, -0.1) is 0 Å². The van der Waals surface area contributed by atoms with Gasteiger partial charge in [0.2, 0.25) is 0 Å². The van der Waals surface area contributed by atoms with E-state index < -0.39 is 0 Å². The number of hydrogen-bond acceptors (Lipinski definition) is 2. The number of carbonyl (C=O) groups excluding carboxylic acids is 1. The van der Waals surface area contributed by atoms with Crippen LogP contribution < -0.4 is 5.32 Å². The Kier molecular flexibility index (Phi) is 4.57. The van der Waals surface area contributed by atoms with Crippen molar-refractivity contribution in [2.45, 2.75) is 13.5 Å². The zero-order chi connectivity index (χ0) is 16.2. The average Bonchev–Trinajstić information content (AvgIpc) is 3.04. The summed E-state index contributed by atoms with van der Waals surface area (Å²) in [5.74, 6) is -0.128. The fourth-order valence-corrected chi connectivity index (χ4v) is 2.53. The van der Waals surface area contributed by atoms with Crippen molar-refractivity contribution in [3.8, 4) is 5.69 Å². The summed E-state index contributed by atoms with van der Waals surface area (Å²) in [6.45, 7) is 2.54. The lowest BCUT2D eigenvalue weighted by Gasteiger charge is -2.06. The van der Waals surface area contributed by atoms with Crippen molar-refractivity contribution in [1.82, 2.24) is 15.1 Å². The number of aromatic nitrogens is 2.